The minimum absolute atomic E-state index is 0.0710. The molecule has 1 aliphatic heterocycles. The maximum Gasteiger partial charge on any atom is 0.224 e. The van der Waals surface area contributed by atoms with Gasteiger partial charge in [0.1, 0.15) is 6.07 Å². The zero-order valence-electron chi connectivity index (χ0n) is 11.9. The highest BCUT2D eigenvalue weighted by atomic mass is 32.2. The summed E-state index contributed by atoms with van der Waals surface area (Å²) in [7, 11) is -0.657. The predicted octanol–water partition coefficient (Wildman–Crippen LogP) is 1.34. The Bertz CT molecular complexity index is 558. The van der Waals surface area contributed by atoms with Gasteiger partial charge in [0, 0.05) is 41.8 Å². The SMILES string of the molecule is N#Cc1ccccc1NC(=O)CCCN1CCS(=O)CC1. The topological polar surface area (TPSA) is 73.2 Å². The van der Waals surface area contributed by atoms with Crippen LogP contribution in [0.15, 0.2) is 24.3 Å². The molecule has 0 aromatic heterocycles. The molecule has 0 saturated carbocycles. The lowest BCUT2D eigenvalue weighted by atomic mass is 10.2. The predicted molar refractivity (Wildman–Crippen MR) is 83.3 cm³/mol. The molecule has 5 nitrogen and oxygen atoms in total. The molecule has 0 unspecified atom stereocenters. The molecule has 0 atom stereocenters. The number of para-hydroxylation sites is 1. The highest BCUT2D eigenvalue weighted by Crippen LogP contribution is 2.14. The van der Waals surface area contributed by atoms with E-state index in [0.29, 0.717) is 17.7 Å². The van der Waals surface area contributed by atoms with Crippen molar-refractivity contribution in [2.24, 2.45) is 0 Å². The second-order valence-corrected chi connectivity index (χ2v) is 6.69. The normalized spacial score (nSPS) is 16.3. The van der Waals surface area contributed by atoms with Crippen LogP contribution in [0, 0.1) is 11.3 Å². The van der Waals surface area contributed by atoms with Crippen LogP contribution in [0.2, 0.25) is 0 Å². The molecule has 1 heterocycles. The van der Waals surface area contributed by atoms with E-state index in [-0.39, 0.29) is 5.91 Å². The molecule has 0 radical (unpaired) electrons. The van der Waals surface area contributed by atoms with Gasteiger partial charge in [0.2, 0.25) is 5.91 Å². The molecule has 0 aliphatic carbocycles. The van der Waals surface area contributed by atoms with E-state index in [4.69, 9.17) is 5.26 Å². The van der Waals surface area contributed by atoms with Crippen LogP contribution >= 0.6 is 0 Å². The van der Waals surface area contributed by atoms with Crippen LogP contribution in [0.1, 0.15) is 18.4 Å². The van der Waals surface area contributed by atoms with Crippen molar-refractivity contribution in [2.45, 2.75) is 12.8 Å². The summed E-state index contributed by atoms with van der Waals surface area (Å²) in [5, 5.41) is 11.7. The van der Waals surface area contributed by atoms with Crippen LogP contribution in [0.4, 0.5) is 5.69 Å². The Balaban J connectivity index is 1.73. The fourth-order valence-corrected chi connectivity index (χ4v) is 3.39. The Morgan fingerprint density at radius 1 is 1.33 bits per heavy atom. The van der Waals surface area contributed by atoms with Gasteiger partial charge in [-0.3, -0.25) is 9.00 Å². The highest BCUT2D eigenvalue weighted by molar-refractivity contribution is 7.85. The van der Waals surface area contributed by atoms with Gasteiger partial charge in [0.05, 0.1) is 11.3 Å². The molecule has 112 valence electrons. The van der Waals surface area contributed by atoms with E-state index in [1.165, 1.54) is 0 Å². The van der Waals surface area contributed by atoms with Gasteiger partial charge >= 0.3 is 0 Å². The van der Waals surface area contributed by atoms with Crippen molar-refractivity contribution in [3.63, 3.8) is 0 Å². The van der Waals surface area contributed by atoms with Crippen LogP contribution < -0.4 is 5.32 Å². The lowest BCUT2D eigenvalue weighted by Crippen LogP contribution is -2.38. The highest BCUT2D eigenvalue weighted by Gasteiger charge is 2.15. The van der Waals surface area contributed by atoms with Crippen molar-refractivity contribution in [3.05, 3.63) is 29.8 Å². The Morgan fingerprint density at radius 3 is 2.76 bits per heavy atom. The van der Waals surface area contributed by atoms with Gasteiger partial charge in [0.25, 0.3) is 0 Å². The number of carbonyl (C=O) groups excluding carboxylic acids is 1. The Kier molecular flexibility index (Phi) is 5.90. The van der Waals surface area contributed by atoms with Crippen LogP contribution in [0.5, 0.6) is 0 Å². The number of nitriles is 1. The molecular weight excluding hydrogens is 286 g/mol. The third-order valence-corrected chi connectivity index (χ3v) is 4.75. The van der Waals surface area contributed by atoms with Crippen molar-refractivity contribution in [2.75, 3.05) is 36.5 Å². The smallest absolute Gasteiger partial charge is 0.224 e. The number of hydrogen-bond acceptors (Lipinski definition) is 4. The summed E-state index contributed by atoms with van der Waals surface area (Å²) in [6.07, 6.45) is 1.20. The van der Waals surface area contributed by atoms with E-state index in [0.717, 1.165) is 37.6 Å². The summed E-state index contributed by atoms with van der Waals surface area (Å²) in [5.41, 5.74) is 1.04. The van der Waals surface area contributed by atoms with E-state index >= 15 is 0 Å². The Labute approximate surface area is 127 Å². The lowest BCUT2D eigenvalue weighted by molar-refractivity contribution is -0.116. The number of nitrogens with zero attached hydrogens (tertiary/aromatic N) is 2. The van der Waals surface area contributed by atoms with Crippen molar-refractivity contribution in [1.29, 1.82) is 5.26 Å². The number of carbonyl (C=O) groups is 1. The van der Waals surface area contributed by atoms with Gasteiger partial charge < -0.3 is 10.2 Å². The van der Waals surface area contributed by atoms with E-state index in [1.807, 2.05) is 0 Å². The fraction of sp³-hybridized carbons (Fsp3) is 0.467. The van der Waals surface area contributed by atoms with Crippen LogP contribution in [-0.2, 0) is 15.6 Å². The van der Waals surface area contributed by atoms with Gasteiger partial charge in [-0.25, -0.2) is 0 Å². The third kappa shape index (κ3) is 4.96. The van der Waals surface area contributed by atoms with Gasteiger partial charge in [-0.1, -0.05) is 12.1 Å². The van der Waals surface area contributed by atoms with Crippen LogP contribution in [0.25, 0.3) is 0 Å². The summed E-state index contributed by atoms with van der Waals surface area (Å²) in [4.78, 5) is 14.1. The molecule has 21 heavy (non-hydrogen) atoms. The molecule has 1 saturated heterocycles. The number of benzene rings is 1. The molecule has 6 heteroatoms. The van der Waals surface area contributed by atoms with Gasteiger partial charge in [-0.15, -0.1) is 0 Å². The van der Waals surface area contributed by atoms with E-state index in [2.05, 4.69) is 16.3 Å². The maximum atomic E-state index is 11.9. The van der Waals surface area contributed by atoms with E-state index in [9.17, 15) is 9.00 Å². The van der Waals surface area contributed by atoms with E-state index in [1.54, 1.807) is 24.3 Å². The lowest BCUT2D eigenvalue weighted by Gasteiger charge is -2.25. The average molecular weight is 305 g/mol. The molecule has 1 aromatic carbocycles. The molecule has 1 N–H and O–H groups in total. The fourth-order valence-electron chi connectivity index (χ4n) is 2.26. The molecule has 1 fully saturated rings. The number of amides is 1. The second kappa shape index (κ2) is 7.91. The minimum atomic E-state index is -0.657. The average Bonchev–Trinajstić information content (AvgIpc) is 2.50. The van der Waals surface area contributed by atoms with Gasteiger partial charge in [-0.05, 0) is 25.1 Å². The van der Waals surface area contributed by atoms with Crippen molar-refractivity contribution in [1.82, 2.24) is 4.90 Å². The Morgan fingerprint density at radius 2 is 2.05 bits per heavy atom. The summed E-state index contributed by atoms with van der Waals surface area (Å²) in [5.74, 6) is 1.40. The number of rotatable bonds is 5. The minimum Gasteiger partial charge on any atom is -0.325 e. The van der Waals surface area contributed by atoms with Gasteiger partial charge in [0.15, 0.2) is 0 Å². The monoisotopic (exact) mass is 305 g/mol. The Hall–Kier alpha value is -1.71. The quantitative estimate of drug-likeness (QED) is 0.891. The number of anilines is 1. The van der Waals surface area contributed by atoms with Gasteiger partial charge in [-0.2, -0.15) is 5.26 Å². The molecule has 0 spiro atoms. The molecule has 0 bridgehead atoms. The molecule has 1 aliphatic rings. The van der Waals surface area contributed by atoms with Crippen molar-refractivity contribution < 1.29 is 9.00 Å². The molecule has 1 amide bonds. The third-order valence-electron chi connectivity index (χ3n) is 3.47. The summed E-state index contributed by atoms with van der Waals surface area (Å²) in [6.45, 7) is 2.56. The standard InChI is InChI=1S/C15H19N3O2S/c16-12-13-4-1-2-5-14(13)17-15(19)6-3-7-18-8-10-21(20)11-9-18/h1-2,4-5H,3,6-11H2,(H,17,19). The largest absolute Gasteiger partial charge is 0.325 e. The molecule has 2 rings (SSSR count). The number of hydrogen-bond donors (Lipinski definition) is 1. The van der Waals surface area contributed by atoms with E-state index < -0.39 is 10.8 Å². The first-order valence-corrected chi connectivity index (χ1v) is 8.54. The van der Waals surface area contributed by atoms with Crippen molar-refractivity contribution in [3.8, 4) is 6.07 Å². The van der Waals surface area contributed by atoms with Crippen LogP contribution in [-0.4, -0.2) is 46.2 Å². The zero-order valence-corrected chi connectivity index (χ0v) is 12.7. The number of nitrogens with one attached hydrogen (secondary N) is 1. The van der Waals surface area contributed by atoms with Crippen LogP contribution in [0.3, 0.4) is 0 Å². The summed E-state index contributed by atoms with van der Waals surface area (Å²) in [6, 6.07) is 9.05. The second-order valence-electron chi connectivity index (χ2n) is 5.00. The zero-order chi connectivity index (χ0) is 15.1. The molecule has 1 aromatic rings. The maximum absolute atomic E-state index is 11.9. The first-order valence-electron chi connectivity index (χ1n) is 7.05. The first-order chi connectivity index (χ1) is 10.2. The summed E-state index contributed by atoms with van der Waals surface area (Å²) >= 11 is 0. The summed E-state index contributed by atoms with van der Waals surface area (Å²) < 4.78 is 11.2. The van der Waals surface area contributed by atoms with Crippen molar-refractivity contribution >= 4 is 22.4 Å². The molecular formula is C15H19N3O2S. The first kappa shape index (κ1) is 15.7.